The number of fused-ring (bicyclic) bond motifs is 4. The molecular formula is C32H11BrN2O2. The van der Waals surface area contributed by atoms with Gasteiger partial charge in [0.05, 0.1) is 22.1 Å². The Bertz CT molecular complexity index is 2300. The first-order chi connectivity index (χ1) is 18.0. The summed E-state index contributed by atoms with van der Waals surface area (Å²) in [6, 6.07) is 21.7. The summed E-state index contributed by atoms with van der Waals surface area (Å²) >= 11 is 3.44. The number of para-hydroxylation sites is 1. The van der Waals surface area contributed by atoms with Crippen LogP contribution in [0.4, 0.5) is 0 Å². The molecule has 37 heavy (non-hydrogen) atoms. The van der Waals surface area contributed by atoms with Gasteiger partial charge >= 0.3 is 0 Å². The molecule has 0 radical (unpaired) electrons. The highest BCUT2D eigenvalue weighted by molar-refractivity contribution is 9.10. The molecule has 0 N–H and O–H groups in total. The number of nitrogens with zero attached hydrogens (tertiary/aromatic N) is 2. The molecule has 0 aliphatic carbocycles. The topological polar surface area (TPSA) is 44.0 Å². The number of hydrogen-bond acceptors (Lipinski definition) is 2. The van der Waals surface area contributed by atoms with E-state index >= 15 is 0 Å². The van der Waals surface area contributed by atoms with Crippen LogP contribution in [0.1, 0.15) is 0 Å². The Morgan fingerprint density at radius 1 is 0.568 bits per heavy atom. The fourth-order valence-electron chi connectivity index (χ4n) is 4.15. The second-order valence-corrected chi connectivity index (χ2v) is 8.57. The van der Waals surface area contributed by atoms with Gasteiger partial charge in [0.1, 0.15) is 0 Å². The van der Waals surface area contributed by atoms with Gasteiger partial charge in [-0.15, -0.1) is 12.8 Å². The average Bonchev–Trinajstić information content (AvgIpc) is 2.92. The molecule has 5 heteroatoms. The summed E-state index contributed by atoms with van der Waals surface area (Å²) in [5.41, 5.74) is 1.66. The van der Waals surface area contributed by atoms with E-state index in [1.165, 1.54) is 0 Å². The molecule has 2 heterocycles. The Kier molecular flexibility index (Phi) is 6.01. The third kappa shape index (κ3) is 4.00. The molecule has 2 aromatic heterocycles. The highest BCUT2D eigenvalue weighted by Crippen LogP contribution is 2.26. The van der Waals surface area contributed by atoms with Crippen molar-refractivity contribution in [2.45, 2.75) is 0 Å². The van der Waals surface area contributed by atoms with Gasteiger partial charge in [0.15, 0.2) is 10.9 Å². The maximum Gasteiger partial charge on any atom is 0.197 e. The molecule has 168 valence electrons. The number of aromatic nitrogens is 2. The highest BCUT2D eigenvalue weighted by atomic mass is 79.9. The van der Waals surface area contributed by atoms with E-state index in [0.717, 1.165) is 4.47 Å². The molecule has 0 fully saturated rings. The van der Waals surface area contributed by atoms with E-state index < -0.39 is 0 Å². The Labute approximate surface area is 220 Å². The Hall–Kier alpha value is -5.56. The summed E-state index contributed by atoms with van der Waals surface area (Å²) in [7, 11) is 0. The van der Waals surface area contributed by atoms with Crippen molar-refractivity contribution >= 4 is 59.5 Å². The lowest BCUT2D eigenvalue weighted by Crippen LogP contribution is -2.13. The third-order valence-corrected chi connectivity index (χ3v) is 6.14. The number of rotatable bonds is 0. The number of hydrogen-bond donors (Lipinski definition) is 0. The largest absolute Gasteiger partial charge is 0.288 e. The summed E-state index contributed by atoms with van der Waals surface area (Å²) in [4.78, 5) is 27.2. The minimum Gasteiger partial charge on any atom is -0.288 e. The maximum absolute atomic E-state index is 13.7. The van der Waals surface area contributed by atoms with Crippen LogP contribution in [0.2, 0.25) is 0 Å². The van der Waals surface area contributed by atoms with Crippen molar-refractivity contribution in [1.29, 1.82) is 0 Å². The number of halogens is 1. The molecular weight excluding hydrogens is 524 g/mol. The summed E-state index contributed by atoms with van der Waals surface area (Å²) in [6.07, 6.45) is 10.4. The molecule has 0 amide bonds. The predicted molar refractivity (Wildman–Crippen MR) is 152 cm³/mol. The Morgan fingerprint density at radius 2 is 1.08 bits per heavy atom. The molecule has 4 nitrogen and oxygen atoms in total. The van der Waals surface area contributed by atoms with Gasteiger partial charge in [0, 0.05) is 61.8 Å². The molecule has 0 spiro atoms. The quantitative estimate of drug-likeness (QED) is 0.220. The molecule has 5 aromatic rings. The van der Waals surface area contributed by atoms with Gasteiger partial charge in [-0.1, -0.05) is 28.1 Å². The van der Waals surface area contributed by atoms with Gasteiger partial charge < -0.3 is 0 Å². The van der Waals surface area contributed by atoms with Crippen molar-refractivity contribution in [3.63, 3.8) is 0 Å². The molecule has 0 unspecified atom stereocenters. The van der Waals surface area contributed by atoms with Crippen LogP contribution in [0.15, 0.2) is 68.7 Å². The lowest BCUT2D eigenvalue weighted by atomic mass is 10.0. The van der Waals surface area contributed by atoms with E-state index in [0.29, 0.717) is 43.6 Å². The SMILES string of the molecule is C#CC#CC#Cn1c2ccccc2c(=O)c2cc3c(cc21)c(=O)c1cc(Br)ccc1n3C#CC#CC#C. The van der Waals surface area contributed by atoms with Crippen LogP contribution in [0.25, 0.3) is 43.6 Å². The van der Waals surface area contributed by atoms with E-state index in [4.69, 9.17) is 12.8 Å². The summed E-state index contributed by atoms with van der Waals surface area (Å²) in [5.74, 6) is 20.0. The average molecular weight is 535 g/mol. The molecule has 5 rings (SSSR count). The van der Waals surface area contributed by atoms with Crippen molar-refractivity contribution in [3.05, 3.63) is 79.5 Å². The van der Waals surface area contributed by atoms with Crippen LogP contribution < -0.4 is 10.9 Å². The normalized spacial score (nSPS) is 9.59. The van der Waals surface area contributed by atoms with Gasteiger partial charge in [-0.2, -0.15) is 0 Å². The van der Waals surface area contributed by atoms with Crippen molar-refractivity contribution < 1.29 is 0 Å². The zero-order chi connectivity index (χ0) is 25.9. The van der Waals surface area contributed by atoms with Gasteiger partial charge in [0.2, 0.25) is 0 Å². The smallest absolute Gasteiger partial charge is 0.197 e. The molecule has 0 saturated heterocycles. The third-order valence-electron chi connectivity index (χ3n) is 5.65. The second-order valence-electron chi connectivity index (χ2n) is 7.66. The number of benzene rings is 3. The molecule has 0 aliphatic heterocycles. The van der Waals surface area contributed by atoms with Crippen molar-refractivity contribution in [2.24, 2.45) is 0 Å². The minimum atomic E-state index is -0.215. The summed E-state index contributed by atoms with van der Waals surface area (Å²) in [5, 5.41) is 1.64. The van der Waals surface area contributed by atoms with Crippen molar-refractivity contribution in [3.8, 4) is 72.3 Å². The fourth-order valence-corrected chi connectivity index (χ4v) is 4.51. The lowest BCUT2D eigenvalue weighted by Gasteiger charge is -2.13. The monoisotopic (exact) mass is 534 g/mol. The molecule has 0 bridgehead atoms. The van der Waals surface area contributed by atoms with Gasteiger partial charge in [-0.05, 0) is 66.1 Å². The number of terminal acetylenes is 2. The molecule has 0 atom stereocenters. The van der Waals surface area contributed by atoms with Crippen LogP contribution in [-0.4, -0.2) is 9.13 Å². The predicted octanol–water partition coefficient (Wildman–Crippen LogP) is 4.28. The van der Waals surface area contributed by atoms with E-state index in [2.05, 4.69) is 75.4 Å². The van der Waals surface area contributed by atoms with E-state index in [9.17, 15) is 9.59 Å². The molecule has 0 saturated carbocycles. The van der Waals surface area contributed by atoms with Crippen LogP contribution >= 0.6 is 15.9 Å². The zero-order valence-electron chi connectivity index (χ0n) is 18.9. The van der Waals surface area contributed by atoms with Gasteiger partial charge in [-0.25, -0.2) is 0 Å². The first-order valence-corrected chi connectivity index (χ1v) is 11.5. The van der Waals surface area contributed by atoms with Crippen molar-refractivity contribution in [2.75, 3.05) is 0 Å². The lowest BCUT2D eigenvalue weighted by molar-refractivity contribution is 1.22. The van der Waals surface area contributed by atoms with E-state index in [-0.39, 0.29) is 10.9 Å². The minimum absolute atomic E-state index is 0.199. The first-order valence-electron chi connectivity index (χ1n) is 10.7. The Morgan fingerprint density at radius 3 is 1.68 bits per heavy atom. The van der Waals surface area contributed by atoms with Crippen LogP contribution in [-0.2, 0) is 0 Å². The van der Waals surface area contributed by atoms with Crippen molar-refractivity contribution in [1.82, 2.24) is 9.13 Å². The van der Waals surface area contributed by atoms with Gasteiger partial charge in [0.25, 0.3) is 0 Å². The zero-order valence-corrected chi connectivity index (χ0v) is 20.5. The van der Waals surface area contributed by atoms with Crippen LogP contribution in [0.3, 0.4) is 0 Å². The van der Waals surface area contributed by atoms with Crippen LogP contribution in [0, 0.1) is 72.3 Å². The van der Waals surface area contributed by atoms with Gasteiger partial charge in [-0.3, -0.25) is 18.7 Å². The second kappa shape index (κ2) is 9.59. The van der Waals surface area contributed by atoms with E-state index in [1.807, 2.05) is 12.1 Å². The Balaban J connectivity index is 2.04. The summed E-state index contributed by atoms with van der Waals surface area (Å²) < 4.78 is 4.03. The standard InChI is InChI=1S/C32H11BrN2O2/c1-3-5-7-11-17-34-27-14-10-9-13-23(27)31(36)25-20-30-26(21-29(25)34)32(37)24-19-22(33)15-16-28(24)35(30)18-12-8-6-4-2/h1-2,9-10,13-16,19-21H. The fraction of sp³-hybridized carbons (Fsp3) is 0. The highest BCUT2D eigenvalue weighted by Gasteiger charge is 2.16. The first kappa shape index (κ1) is 23.2. The summed E-state index contributed by atoms with van der Waals surface area (Å²) in [6.45, 7) is 0. The maximum atomic E-state index is 13.7. The van der Waals surface area contributed by atoms with E-state index in [1.54, 1.807) is 51.6 Å². The molecule has 3 aromatic carbocycles. The van der Waals surface area contributed by atoms with Crippen LogP contribution in [0.5, 0.6) is 0 Å². The number of pyridine rings is 2. The molecule has 0 aliphatic rings.